The van der Waals surface area contributed by atoms with Crippen LogP contribution < -0.4 is 4.74 Å². The molecule has 0 aliphatic carbocycles. The first-order valence-electron chi connectivity index (χ1n) is 11.7. The predicted molar refractivity (Wildman–Crippen MR) is 130 cm³/mol. The molecule has 170 valence electrons. The fourth-order valence-corrected chi connectivity index (χ4v) is 4.85. The highest BCUT2D eigenvalue weighted by atomic mass is 16.5. The molecule has 2 aromatic carbocycles. The Labute approximate surface area is 193 Å². The van der Waals surface area contributed by atoms with E-state index in [9.17, 15) is 4.79 Å². The third-order valence-corrected chi connectivity index (χ3v) is 6.34. The SMILES string of the molecule is C=CCOc1cc(C(=O)N2CCCC(c3nc4ccccc4n3CCC)C2)cc2occc12. The van der Waals surface area contributed by atoms with Crippen molar-refractivity contribution in [3.63, 3.8) is 0 Å². The number of carbonyl (C=O) groups is 1. The van der Waals surface area contributed by atoms with E-state index in [1.807, 2.05) is 29.2 Å². The number of amides is 1. The summed E-state index contributed by atoms with van der Waals surface area (Å²) in [5.74, 6) is 1.94. The van der Waals surface area contributed by atoms with Gasteiger partial charge < -0.3 is 18.6 Å². The van der Waals surface area contributed by atoms with Gasteiger partial charge in [-0.15, -0.1) is 0 Å². The number of fused-ring (bicyclic) bond motifs is 2. The van der Waals surface area contributed by atoms with E-state index in [-0.39, 0.29) is 11.8 Å². The fourth-order valence-electron chi connectivity index (χ4n) is 4.85. The average Bonchev–Trinajstić information content (AvgIpc) is 3.47. The number of benzene rings is 2. The molecule has 0 N–H and O–H groups in total. The fraction of sp³-hybridized carbons (Fsp3) is 0.333. The van der Waals surface area contributed by atoms with E-state index in [1.54, 1.807) is 12.3 Å². The number of furan rings is 1. The summed E-state index contributed by atoms with van der Waals surface area (Å²) in [6, 6.07) is 13.8. The number of nitrogens with zero attached hydrogens (tertiary/aromatic N) is 3. The van der Waals surface area contributed by atoms with Crippen molar-refractivity contribution in [1.29, 1.82) is 0 Å². The molecule has 0 spiro atoms. The Hall–Kier alpha value is -3.54. The van der Waals surface area contributed by atoms with Gasteiger partial charge in [-0.3, -0.25) is 4.79 Å². The summed E-state index contributed by atoms with van der Waals surface area (Å²) >= 11 is 0. The van der Waals surface area contributed by atoms with Crippen LogP contribution in [-0.4, -0.2) is 40.1 Å². The van der Waals surface area contributed by atoms with Gasteiger partial charge in [0.1, 0.15) is 23.8 Å². The molecule has 0 saturated carbocycles. The average molecular weight is 444 g/mol. The van der Waals surface area contributed by atoms with Gasteiger partial charge in [-0.05, 0) is 49.6 Å². The van der Waals surface area contributed by atoms with Crippen molar-refractivity contribution in [3.8, 4) is 5.75 Å². The minimum Gasteiger partial charge on any atom is -0.489 e. The lowest BCUT2D eigenvalue weighted by Crippen LogP contribution is -2.39. The molecule has 33 heavy (non-hydrogen) atoms. The van der Waals surface area contributed by atoms with Gasteiger partial charge in [0.25, 0.3) is 5.91 Å². The van der Waals surface area contributed by atoms with Gasteiger partial charge in [-0.1, -0.05) is 31.7 Å². The lowest BCUT2D eigenvalue weighted by Gasteiger charge is -2.33. The number of hydrogen-bond acceptors (Lipinski definition) is 4. The molecule has 0 bridgehead atoms. The number of rotatable bonds is 7. The van der Waals surface area contributed by atoms with Crippen LogP contribution >= 0.6 is 0 Å². The van der Waals surface area contributed by atoms with Crippen LogP contribution in [0.1, 0.15) is 48.3 Å². The van der Waals surface area contributed by atoms with Crippen molar-refractivity contribution in [3.05, 3.63) is 72.8 Å². The van der Waals surface area contributed by atoms with Gasteiger partial charge in [-0.2, -0.15) is 0 Å². The Balaban J connectivity index is 1.44. The van der Waals surface area contributed by atoms with Crippen LogP contribution in [0.3, 0.4) is 0 Å². The molecule has 6 heteroatoms. The van der Waals surface area contributed by atoms with E-state index in [4.69, 9.17) is 14.1 Å². The van der Waals surface area contributed by atoms with Gasteiger partial charge >= 0.3 is 0 Å². The smallest absolute Gasteiger partial charge is 0.254 e. The van der Waals surface area contributed by atoms with Crippen molar-refractivity contribution in [2.75, 3.05) is 19.7 Å². The van der Waals surface area contributed by atoms with E-state index < -0.39 is 0 Å². The maximum Gasteiger partial charge on any atom is 0.254 e. The summed E-state index contributed by atoms with van der Waals surface area (Å²) in [5, 5.41) is 0.859. The van der Waals surface area contributed by atoms with Crippen molar-refractivity contribution in [2.24, 2.45) is 0 Å². The van der Waals surface area contributed by atoms with E-state index in [0.29, 0.717) is 30.0 Å². The minimum atomic E-state index is -0.000365. The molecule has 6 nitrogen and oxygen atoms in total. The van der Waals surface area contributed by atoms with Gasteiger partial charge in [0, 0.05) is 31.1 Å². The number of aromatic nitrogens is 2. The largest absolute Gasteiger partial charge is 0.489 e. The zero-order valence-corrected chi connectivity index (χ0v) is 19.0. The van der Waals surface area contributed by atoms with Gasteiger partial charge in [0.05, 0.1) is 22.7 Å². The number of imidazole rings is 1. The van der Waals surface area contributed by atoms with Gasteiger partial charge in [-0.25, -0.2) is 4.98 Å². The van der Waals surface area contributed by atoms with E-state index in [2.05, 4.69) is 36.3 Å². The standard InChI is InChI=1S/C27H29N3O3/c1-3-12-30-23-10-6-5-9-22(23)28-26(30)19-8-7-13-29(18-19)27(31)20-16-24(32-14-4-2)21-11-15-33-25(21)17-20/h4-6,9-11,15-17,19H,2-3,7-8,12-14,18H2,1H3. The third-order valence-electron chi connectivity index (χ3n) is 6.34. The quantitative estimate of drug-likeness (QED) is 0.340. The van der Waals surface area contributed by atoms with Crippen molar-refractivity contribution < 1.29 is 13.9 Å². The number of para-hydroxylation sites is 2. The van der Waals surface area contributed by atoms with Gasteiger partial charge in [0.15, 0.2) is 0 Å². The number of aryl methyl sites for hydroxylation is 1. The van der Waals surface area contributed by atoms with Crippen LogP contribution in [0.15, 0.2) is 65.8 Å². The van der Waals surface area contributed by atoms with E-state index in [0.717, 1.165) is 49.1 Å². The first-order valence-corrected chi connectivity index (χ1v) is 11.7. The normalized spacial score (nSPS) is 16.4. The van der Waals surface area contributed by atoms with E-state index in [1.165, 1.54) is 5.52 Å². The van der Waals surface area contributed by atoms with Crippen molar-refractivity contribution >= 4 is 27.9 Å². The second-order valence-electron chi connectivity index (χ2n) is 8.61. The van der Waals surface area contributed by atoms with Crippen LogP contribution in [0.25, 0.3) is 22.0 Å². The second-order valence-corrected chi connectivity index (χ2v) is 8.61. The molecule has 4 aromatic rings. The Bertz CT molecular complexity index is 1300. The Morgan fingerprint density at radius 3 is 3.03 bits per heavy atom. The molecule has 1 unspecified atom stereocenters. The van der Waals surface area contributed by atoms with Crippen LogP contribution in [0, 0.1) is 0 Å². The highest BCUT2D eigenvalue weighted by molar-refractivity contribution is 5.99. The predicted octanol–water partition coefficient (Wildman–Crippen LogP) is 5.78. The first kappa shape index (κ1) is 21.3. The minimum absolute atomic E-state index is 0.000365. The number of hydrogen-bond donors (Lipinski definition) is 0. The summed E-state index contributed by atoms with van der Waals surface area (Å²) in [6.45, 7) is 8.60. The number of likely N-dealkylation sites (tertiary alicyclic amines) is 1. The molecule has 1 saturated heterocycles. The zero-order chi connectivity index (χ0) is 22.8. The molecule has 1 aliphatic heterocycles. The summed E-state index contributed by atoms with van der Waals surface area (Å²) < 4.78 is 13.7. The first-order chi connectivity index (χ1) is 16.2. The van der Waals surface area contributed by atoms with Crippen LogP contribution in [0.2, 0.25) is 0 Å². The van der Waals surface area contributed by atoms with Crippen molar-refractivity contribution in [1.82, 2.24) is 14.5 Å². The third kappa shape index (κ3) is 4.01. The highest BCUT2D eigenvalue weighted by Gasteiger charge is 2.29. The Morgan fingerprint density at radius 1 is 1.30 bits per heavy atom. The molecule has 1 amide bonds. The lowest BCUT2D eigenvalue weighted by molar-refractivity contribution is 0.0703. The number of piperidine rings is 1. The van der Waals surface area contributed by atoms with Crippen LogP contribution in [0.4, 0.5) is 0 Å². The molecular formula is C27H29N3O3. The molecule has 2 aromatic heterocycles. The summed E-state index contributed by atoms with van der Waals surface area (Å²) in [7, 11) is 0. The molecule has 3 heterocycles. The van der Waals surface area contributed by atoms with Crippen LogP contribution in [0.5, 0.6) is 5.75 Å². The second kappa shape index (κ2) is 9.14. The monoisotopic (exact) mass is 443 g/mol. The lowest BCUT2D eigenvalue weighted by atomic mass is 9.96. The van der Waals surface area contributed by atoms with E-state index >= 15 is 0 Å². The molecule has 1 atom stereocenters. The molecular weight excluding hydrogens is 414 g/mol. The molecule has 0 radical (unpaired) electrons. The molecule has 1 aliphatic rings. The van der Waals surface area contributed by atoms with Gasteiger partial charge in [0.2, 0.25) is 0 Å². The van der Waals surface area contributed by atoms with Crippen molar-refractivity contribution in [2.45, 2.75) is 38.6 Å². The Morgan fingerprint density at radius 2 is 2.18 bits per heavy atom. The summed E-state index contributed by atoms with van der Waals surface area (Å²) in [5.41, 5.74) is 3.43. The number of ether oxygens (including phenoxy) is 1. The zero-order valence-electron chi connectivity index (χ0n) is 19.0. The summed E-state index contributed by atoms with van der Waals surface area (Å²) in [4.78, 5) is 20.5. The number of carbonyl (C=O) groups excluding carboxylic acids is 1. The molecule has 1 fully saturated rings. The maximum atomic E-state index is 13.5. The Kier molecular flexibility index (Phi) is 5.90. The topological polar surface area (TPSA) is 60.5 Å². The molecule has 5 rings (SSSR count). The highest BCUT2D eigenvalue weighted by Crippen LogP contribution is 2.33. The maximum absolute atomic E-state index is 13.5. The summed E-state index contributed by atoms with van der Waals surface area (Å²) in [6.07, 6.45) is 6.34. The van der Waals surface area contributed by atoms with Crippen LogP contribution in [-0.2, 0) is 6.54 Å².